The van der Waals surface area contributed by atoms with Gasteiger partial charge >= 0.3 is 0 Å². The van der Waals surface area contributed by atoms with Crippen molar-refractivity contribution in [1.29, 1.82) is 0 Å². The van der Waals surface area contributed by atoms with E-state index in [4.69, 9.17) is 4.74 Å². The number of morpholine rings is 1. The van der Waals surface area contributed by atoms with Gasteiger partial charge in [0, 0.05) is 31.0 Å². The number of carbonyl (C=O) groups is 1. The zero-order valence-electron chi connectivity index (χ0n) is 11.2. The van der Waals surface area contributed by atoms with E-state index >= 15 is 0 Å². The summed E-state index contributed by atoms with van der Waals surface area (Å²) in [5.74, 6) is 0.0265. The van der Waals surface area contributed by atoms with Crippen molar-refractivity contribution in [1.82, 2.24) is 9.88 Å². The summed E-state index contributed by atoms with van der Waals surface area (Å²) >= 11 is 0. The third-order valence-corrected chi connectivity index (χ3v) is 3.39. The fraction of sp³-hybridized carbons (Fsp3) is 0.250. The number of amides is 1. The first-order valence-corrected chi connectivity index (χ1v) is 6.72. The molecule has 2 aromatic rings. The highest BCUT2D eigenvalue weighted by Crippen LogP contribution is 2.19. The standard InChI is InChI=1S/C16H16N2O2/c19-16(18-6-8-20-9-7-18)15-10-14(11-17-12-15)13-4-2-1-3-5-13/h1-5,10-12H,6-9H2. The van der Waals surface area contributed by atoms with Gasteiger partial charge in [0.2, 0.25) is 0 Å². The van der Waals surface area contributed by atoms with Crippen molar-refractivity contribution >= 4 is 5.91 Å². The second-order valence-electron chi connectivity index (χ2n) is 4.73. The number of hydrogen-bond donors (Lipinski definition) is 0. The molecule has 102 valence electrons. The largest absolute Gasteiger partial charge is 0.378 e. The predicted octanol–water partition coefficient (Wildman–Crippen LogP) is 2.22. The van der Waals surface area contributed by atoms with Crippen LogP contribution in [0.1, 0.15) is 10.4 Å². The normalized spacial score (nSPS) is 15.1. The molecular formula is C16H16N2O2. The highest BCUT2D eigenvalue weighted by molar-refractivity contribution is 5.95. The Kier molecular flexibility index (Phi) is 3.74. The van der Waals surface area contributed by atoms with Crippen molar-refractivity contribution in [2.45, 2.75) is 0 Å². The molecule has 4 nitrogen and oxygen atoms in total. The van der Waals surface area contributed by atoms with Crippen LogP contribution in [0.3, 0.4) is 0 Å². The molecule has 0 atom stereocenters. The van der Waals surface area contributed by atoms with Gasteiger partial charge in [-0.15, -0.1) is 0 Å². The molecule has 1 saturated heterocycles. The van der Waals surface area contributed by atoms with Gasteiger partial charge in [0.1, 0.15) is 0 Å². The van der Waals surface area contributed by atoms with E-state index in [0.29, 0.717) is 31.9 Å². The Morgan fingerprint density at radius 2 is 1.80 bits per heavy atom. The van der Waals surface area contributed by atoms with Crippen LogP contribution in [0.15, 0.2) is 48.8 Å². The van der Waals surface area contributed by atoms with Crippen molar-refractivity contribution in [2.75, 3.05) is 26.3 Å². The SMILES string of the molecule is O=C(c1cncc(-c2ccccc2)c1)N1CCOCC1. The van der Waals surface area contributed by atoms with Crippen LogP contribution in [0.25, 0.3) is 11.1 Å². The van der Waals surface area contributed by atoms with Crippen LogP contribution in [-0.2, 0) is 4.74 Å². The number of aromatic nitrogens is 1. The Morgan fingerprint density at radius 3 is 2.55 bits per heavy atom. The summed E-state index contributed by atoms with van der Waals surface area (Å²) < 4.78 is 5.27. The highest BCUT2D eigenvalue weighted by atomic mass is 16.5. The summed E-state index contributed by atoms with van der Waals surface area (Å²) in [5.41, 5.74) is 2.66. The van der Waals surface area contributed by atoms with E-state index in [9.17, 15) is 4.79 Å². The highest BCUT2D eigenvalue weighted by Gasteiger charge is 2.19. The molecule has 4 heteroatoms. The van der Waals surface area contributed by atoms with Crippen molar-refractivity contribution < 1.29 is 9.53 Å². The quantitative estimate of drug-likeness (QED) is 0.838. The molecule has 1 amide bonds. The Morgan fingerprint density at radius 1 is 1.05 bits per heavy atom. The molecule has 20 heavy (non-hydrogen) atoms. The molecule has 0 radical (unpaired) electrons. The fourth-order valence-corrected chi connectivity index (χ4v) is 2.29. The first-order chi connectivity index (χ1) is 9.84. The van der Waals surface area contributed by atoms with Crippen molar-refractivity contribution in [3.8, 4) is 11.1 Å². The van der Waals surface area contributed by atoms with E-state index in [1.807, 2.05) is 41.3 Å². The summed E-state index contributed by atoms with van der Waals surface area (Å²) in [7, 11) is 0. The number of ether oxygens (including phenoxy) is 1. The molecule has 1 aromatic heterocycles. The molecule has 0 saturated carbocycles. The minimum absolute atomic E-state index is 0.0265. The van der Waals surface area contributed by atoms with Crippen LogP contribution in [0.2, 0.25) is 0 Å². The predicted molar refractivity (Wildman–Crippen MR) is 76.4 cm³/mol. The molecule has 1 aromatic carbocycles. The molecule has 2 heterocycles. The van der Waals surface area contributed by atoms with Crippen molar-refractivity contribution in [3.05, 3.63) is 54.4 Å². The maximum Gasteiger partial charge on any atom is 0.255 e. The topological polar surface area (TPSA) is 42.4 Å². The third kappa shape index (κ3) is 2.70. The number of pyridine rings is 1. The average molecular weight is 268 g/mol. The minimum atomic E-state index is 0.0265. The van der Waals surface area contributed by atoms with E-state index in [1.165, 1.54) is 0 Å². The second-order valence-corrected chi connectivity index (χ2v) is 4.73. The monoisotopic (exact) mass is 268 g/mol. The van der Waals surface area contributed by atoms with Gasteiger partial charge in [-0.2, -0.15) is 0 Å². The zero-order chi connectivity index (χ0) is 13.8. The fourth-order valence-electron chi connectivity index (χ4n) is 2.29. The summed E-state index contributed by atoms with van der Waals surface area (Å²) in [5, 5.41) is 0. The maximum atomic E-state index is 12.4. The van der Waals surface area contributed by atoms with Crippen LogP contribution in [0.5, 0.6) is 0 Å². The van der Waals surface area contributed by atoms with E-state index in [0.717, 1.165) is 11.1 Å². The van der Waals surface area contributed by atoms with Crippen LogP contribution < -0.4 is 0 Å². The van der Waals surface area contributed by atoms with Gasteiger partial charge in [-0.05, 0) is 11.6 Å². The molecule has 0 bridgehead atoms. The zero-order valence-corrected chi connectivity index (χ0v) is 11.2. The third-order valence-electron chi connectivity index (χ3n) is 3.39. The number of rotatable bonds is 2. The molecule has 0 unspecified atom stereocenters. The van der Waals surface area contributed by atoms with Crippen LogP contribution >= 0.6 is 0 Å². The van der Waals surface area contributed by atoms with Gasteiger partial charge in [0.05, 0.1) is 18.8 Å². The molecular weight excluding hydrogens is 252 g/mol. The molecule has 3 rings (SSSR count). The van der Waals surface area contributed by atoms with Crippen molar-refractivity contribution in [3.63, 3.8) is 0 Å². The van der Waals surface area contributed by atoms with Gasteiger partial charge in [-0.3, -0.25) is 9.78 Å². The molecule has 0 N–H and O–H groups in total. The second kappa shape index (κ2) is 5.84. The smallest absolute Gasteiger partial charge is 0.255 e. The van der Waals surface area contributed by atoms with Crippen LogP contribution in [-0.4, -0.2) is 42.1 Å². The van der Waals surface area contributed by atoms with Gasteiger partial charge in [0.15, 0.2) is 0 Å². The van der Waals surface area contributed by atoms with Gasteiger partial charge in [-0.1, -0.05) is 30.3 Å². The number of benzene rings is 1. The lowest BCUT2D eigenvalue weighted by Gasteiger charge is -2.26. The van der Waals surface area contributed by atoms with E-state index in [1.54, 1.807) is 12.4 Å². The lowest BCUT2D eigenvalue weighted by Crippen LogP contribution is -2.40. The maximum absolute atomic E-state index is 12.4. The molecule has 1 aliphatic heterocycles. The summed E-state index contributed by atoms with van der Waals surface area (Å²) in [6, 6.07) is 11.9. The first-order valence-electron chi connectivity index (χ1n) is 6.72. The van der Waals surface area contributed by atoms with E-state index < -0.39 is 0 Å². The van der Waals surface area contributed by atoms with E-state index in [2.05, 4.69) is 4.98 Å². The number of carbonyl (C=O) groups excluding carboxylic acids is 1. The number of hydrogen-bond acceptors (Lipinski definition) is 3. The summed E-state index contributed by atoms with van der Waals surface area (Å²) in [6.45, 7) is 2.51. The Bertz CT molecular complexity index is 592. The molecule has 1 fully saturated rings. The van der Waals surface area contributed by atoms with Gasteiger partial charge in [-0.25, -0.2) is 0 Å². The lowest BCUT2D eigenvalue weighted by atomic mass is 10.1. The summed E-state index contributed by atoms with van der Waals surface area (Å²) in [4.78, 5) is 18.4. The average Bonchev–Trinajstić information content (AvgIpc) is 2.56. The Hall–Kier alpha value is -2.20. The van der Waals surface area contributed by atoms with E-state index in [-0.39, 0.29) is 5.91 Å². The van der Waals surface area contributed by atoms with Crippen LogP contribution in [0.4, 0.5) is 0 Å². The van der Waals surface area contributed by atoms with Gasteiger partial charge < -0.3 is 9.64 Å². The lowest BCUT2D eigenvalue weighted by molar-refractivity contribution is 0.0302. The minimum Gasteiger partial charge on any atom is -0.378 e. The summed E-state index contributed by atoms with van der Waals surface area (Å²) in [6.07, 6.45) is 3.41. The number of nitrogens with zero attached hydrogens (tertiary/aromatic N) is 2. The first kappa shape index (κ1) is 12.8. The molecule has 0 spiro atoms. The molecule has 1 aliphatic rings. The van der Waals surface area contributed by atoms with Gasteiger partial charge in [0.25, 0.3) is 5.91 Å². The van der Waals surface area contributed by atoms with Crippen molar-refractivity contribution in [2.24, 2.45) is 0 Å². The van der Waals surface area contributed by atoms with Crippen LogP contribution in [0, 0.1) is 0 Å². The molecule has 0 aliphatic carbocycles. The Labute approximate surface area is 118 Å². The Balaban J connectivity index is 1.85.